The van der Waals surface area contributed by atoms with E-state index >= 15 is 0 Å². The molecule has 0 radical (unpaired) electrons. The van der Waals surface area contributed by atoms with E-state index in [4.69, 9.17) is 9.47 Å². The minimum Gasteiger partial charge on any atom is -0.452 e. The number of fused-ring (bicyclic) bond motifs is 1. The Hall–Kier alpha value is -3.08. The summed E-state index contributed by atoms with van der Waals surface area (Å²) in [5, 5.41) is 4.23. The van der Waals surface area contributed by atoms with Gasteiger partial charge >= 0.3 is 12.2 Å². The number of amides is 2. The van der Waals surface area contributed by atoms with Crippen molar-refractivity contribution < 1.29 is 27.5 Å². The second-order valence-electron chi connectivity index (χ2n) is 8.06. The number of carbonyl (C=O) groups excluding carboxylic acids is 2. The Morgan fingerprint density at radius 1 is 1.19 bits per heavy atom. The highest BCUT2D eigenvalue weighted by Gasteiger charge is 2.36. The highest BCUT2D eigenvalue weighted by Crippen LogP contribution is 2.39. The SMILES string of the molecule is COC(=O)N1c2ccc(-c3cnn(CCS(C)(=O)=O)c3)cc2N(C(=O)OC(C)C)C[C@@H]1C. The maximum atomic E-state index is 12.8. The number of hydrogen-bond donors (Lipinski definition) is 0. The van der Waals surface area contributed by atoms with Crippen LogP contribution in [0, 0.1) is 0 Å². The summed E-state index contributed by atoms with van der Waals surface area (Å²) in [4.78, 5) is 28.2. The van der Waals surface area contributed by atoms with E-state index < -0.39 is 22.0 Å². The molecule has 1 aromatic heterocycles. The van der Waals surface area contributed by atoms with Gasteiger partial charge in [-0.2, -0.15) is 5.10 Å². The second-order valence-corrected chi connectivity index (χ2v) is 10.3. The first-order chi connectivity index (χ1) is 15.0. The molecule has 2 aromatic rings. The summed E-state index contributed by atoms with van der Waals surface area (Å²) in [6.07, 6.45) is 3.24. The normalized spacial score (nSPS) is 16.1. The summed E-state index contributed by atoms with van der Waals surface area (Å²) >= 11 is 0. The summed E-state index contributed by atoms with van der Waals surface area (Å²) in [5.74, 6) is -0.0148. The molecule has 32 heavy (non-hydrogen) atoms. The highest BCUT2D eigenvalue weighted by atomic mass is 32.2. The zero-order valence-corrected chi connectivity index (χ0v) is 19.6. The fourth-order valence-corrected chi connectivity index (χ4v) is 4.03. The number of nitrogens with zero attached hydrogens (tertiary/aromatic N) is 4. The molecule has 0 unspecified atom stereocenters. The zero-order valence-electron chi connectivity index (χ0n) is 18.8. The summed E-state index contributed by atoms with van der Waals surface area (Å²) in [6.45, 7) is 5.85. The third-order valence-electron chi connectivity index (χ3n) is 5.00. The average molecular weight is 465 g/mol. The van der Waals surface area contributed by atoms with Gasteiger partial charge in [0.15, 0.2) is 0 Å². The quantitative estimate of drug-likeness (QED) is 0.669. The topological polar surface area (TPSA) is 111 Å². The maximum Gasteiger partial charge on any atom is 0.414 e. The van der Waals surface area contributed by atoms with Crippen molar-refractivity contribution in [2.45, 2.75) is 39.5 Å². The number of aromatic nitrogens is 2. The standard InChI is InChI=1S/C21H28N4O6S/c1-14(2)31-20(26)24-12-15(3)25(21(27)30-4)18-7-6-16(10-19(18)24)17-11-22-23(13-17)8-9-32(5,28)29/h6-7,10-11,13-15H,8-9,12H2,1-5H3/t15-/m0/s1. The van der Waals surface area contributed by atoms with E-state index in [2.05, 4.69) is 5.10 Å². The Morgan fingerprint density at radius 2 is 1.91 bits per heavy atom. The molecule has 10 nitrogen and oxygen atoms in total. The van der Waals surface area contributed by atoms with E-state index in [9.17, 15) is 18.0 Å². The van der Waals surface area contributed by atoms with Gasteiger partial charge in [-0.3, -0.25) is 14.5 Å². The van der Waals surface area contributed by atoms with E-state index in [0.717, 1.165) is 11.1 Å². The molecule has 0 aliphatic carbocycles. The predicted molar refractivity (Wildman–Crippen MR) is 121 cm³/mol. The number of aryl methyl sites for hydroxylation is 1. The maximum absolute atomic E-state index is 12.8. The smallest absolute Gasteiger partial charge is 0.414 e. The third kappa shape index (κ3) is 5.21. The minimum absolute atomic E-state index is 0.0148. The molecule has 2 heterocycles. The molecule has 1 aromatic carbocycles. The average Bonchev–Trinajstić information content (AvgIpc) is 3.19. The number of rotatable bonds is 5. The molecular formula is C21H28N4O6S. The first-order valence-electron chi connectivity index (χ1n) is 10.2. The van der Waals surface area contributed by atoms with Crippen molar-refractivity contribution in [2.24, 2.45) is 0 Å². The Morgan fingerprint density at radius 3 is 2.53 bits per heavy atom. The van der Waals surface area contributed by atoms with Crippen LogP contribution in [-0.4, -0.2) is 68.2 Å². The van der Waals surface area contributed by atoms with Crippen LogP contribution < -0.4 is 9.80 Å². The molecule has 0 fully saturated rings. The molecule has 1 aliphatic heterocycles. The van der Waals surface area contributed by atoms with Crippen LogP contribution in [0.1, 0.15) is 20.8 Å². The number of carbonyl (C=O) groups is 2. The number of hydrogen-bond acceptors (Lipinski definition) is 7. The molecule has 0 saturated heterocycles. The fraction of sp³-hybridized carbons (Fsp3) is 0.476. The minimum atomic E-state index is -3.11. The molecule has 1 atom stereocenters. The van der Waals surface area contributed by atoms with Crippen molar-refractivity contribution in [3.8, 4) is 11.1 Å². The van der Waals surface area contributed by atoms with E-state index in [0.29, 0.717) is 11.4 Å². The lowest BCUT2D eigenvalue weighted by Gasteiger charge is -2.40. The van der Waals surface area contributed by atoms with E-state index in [-0.39, 0.29) is 31.0 Å². The van der Waals surface area contributed by atoms with Crippen LogP contribution in [0.5, 0.6) is 0 Å². The number of benzene rings is 1. The third-order valence-corrected chi connectivity index (χ3v) is 5.92. The zero-order chi connectivity index (χ0) is 23.6. The van der Waals surface area contributed by atoms with Gasteiger partial charge in [-0.15, -0.1) is 0 Å². The van der Waals surface area contributed by atoms with Crippen LogP contribution in [0.2, 0.25) is 0 Å². The largest absolute Gasteiger partial charge is 0.452 e. The van der Waals surface area contributed by atoms with Crippen LogP contribution in [0.15, 0.2) is 30.6 Å². The summed E-state index contributed by atoms with van der Waals surface area (Å²) in [7, 11) is -1.79. The lowest BCUT2D eigenvalue weighted by molar-refractivity contribution is 0.121. The van der Waals surface area contributed by atoms with Gasteiger partial charge in [0.1, 0.15) is 9.84 Å². The molecule has 0 N–H and O–H groups in total. The molecule has 3 rings (SSSR count). The second kappa shape index (κ2) is 9.19. The number of methoxy groups -OCH3 is 1. The lowest BCUT2D eigenvalue weighted by Crippen LogP contribution is -2.52. The van der Waals surface area contributed by atoms with Crippen molar-refractivity contribution in [3.05, 3.63) is 30.6 Å². The van der Waals surface area contributed by atoms with Crippen LogP contribution >= 0.6 is 0 Å². The molecule has 0 bridgehead atoms. The molecular weight excluding hydrogens is 436 g/mol. The Balaban J connectivity index is 2.00. The molecule has 0 spiro atoms. The lowest BCUT2D eigenvalue weighted by atomic mass is 10.0. The van der Waals surface area contributed by atoms with E-state index in [1.807, 2.05) is 13.0 Å². The fourth-order valence-electron chi connectivity index (χ4n) is 3.51. The van der Waals surface area contributed by atoms with Gasteiger partial charge in [-0.1, -0.05) is 6.07 Å². The number of sulfone groups is 1. The van der Waals surface area contributed by atoms with Crippen LogP contribution in [-0.2, 0) is 25.9 Å². The number of ether oxygens (including phenoxy) is 2. The molecule has 1 aliphatic rings. The summed E-state index contributed by atoms with van der Waals surface area (Å²) in [5.41, 5.74) is 2.56. The molecule has 11 heteroatoms. The van der Waals surface area contributed by atoms with Crippen molar-refractivity contribution in [1.82, 2.24) is 9.78 Å². The van der Waals surface area contributed by atoms with Gasteiger partial charge in [-0.05, 0) is 38.5 Å². The molecule has 2 amide bonds. The van der Waals surface area contributed by atoms with Crippen molar-refractivity contribution in [1.29, 1.82) is 0 Å². The van der Waals surface area contributed by atoms with Gasteiger partial charge in [0.25, 0.3) is 0 Å². The van der Waals surface area contributed by atoms with Gasteiger partial charge < -0.3 is 9.47 Å². The highest BCUT2D eigenvalue weighted by molar-refractivity contribution is 7.90. The van der Waals surface area contributed by atoms with Crippen LogP contribution in [0.25, 0.3) is 11.1 Å². The Labute approximate surface area is 187 Å². The van der Waals surface area contributed by atoms with Crippen LogP contribution in [0.3, 0.4) is 0 Å². The van der Waals surface area contributed by atoms with Gasteiger partial charge in [0, 0.05) is 18.0 Å². The summed E-state index contributed by atoms with van der Waals surface area (Å²) < 4.78 is 34.8. The molecule has 0 saturated carbocycles. The van der Waals surface area contributed by atoms with Crippen molar-refractivity contribution in [2.75, 3.05) is 35.5 Å². The van der Waals surface area contributed by atoms with Crippen molar-refractivity contribution in [3.63, 3.8) is 0 Å². The van der Waals surface area contributed by atoms with Crippen molar-refractivity contribution >= 4 is 33.4 Å². The van der Waals surface area contributed by atoms with E-state index in [1.165, 1.54) is 23.2 Å². The van der Waals surface area contributed by atoms with E-state index in [1.54, 1.807) is 43.1 Å². The predicted octanol–water partition coefficient (Wildman–Crippen LogP) is 2.92. The first kappa shape index (κ1) is 23.6. The van der Waals surface area contributed by atoms with Crippen LogP contribution in [0.4, 0.5) is 21.0 Å². The molecule has 174 valence electrons. The van der Waals surface area contributed by atoms with Gasteiger partial charge in [0.05, 0.1) is 55.7 Å². The Kier molecular flexibility index (Phi) is 6.77. The van der Waals surface area contributed by atoms with Gasteiger partial charge in [0.2, 0.25) is 0 Å². The summed E-state index contributed by atoms with van der Waals surface area (Å²) in [6, 6.07) is 5.04. The first-order valence-corrected chi connectivity index (χ1v) is 12.3. The monoisotopic (exact) mass is 464 g/mol. The Bertz CT molecular complexity index is 1110. The van der Waals surface area contributed by atoms with Gasteiger partial charge in [-0.25, -0.2) is 18.0 Å². The number of anilines is 2.